The molecule has 1 N–H and O–H groups in total. The van der Waals surface area contributed by atoms with E-state index in [2.05, 4.69) is 157 Å². The molecule has 0 saturated heterocycles. The van der Waals surface area contributed by atoms with Crippen molar-refractivity contribution in [3.05, 3.63) is 78.3 Å². The number of hydrogen-bond acceptors (Lipinski definition) is 5. The summed E-state index contributed by atoms with van der Waals surface area (Å²) in [6.45, 7) is 30.6. The molecule has 0 aliphatic heterocycles. The maximum Gasteiger partial charge on any atom is 0 e. The topological polar surface area (TPSA) is 63.1 Å². The van der Waals surface area contributed by atoms with E-state index in [4.69, 9.17) is 6.35 Å². The molecule has 2 aromatic heterocycles. The number of rotatable bonds is 13. The van der Waals surface area contributed by atoms with Crippen LogP contribution in [0.3, 0.4) is 0 Å². The van der Waals surface area contributed by atoms with E-state index in [0.717, 1.165) is 38.7 Å². The smallest absolute Gasteiger partial charge is 0 e. The molecule has 2 heterocycles. The van der Waals surface area contributed by atoms with Gasteiger partial charge in [-0.1, -0.05) is 55.4 Å². The standard InChI is InChI=1S/C31H35GeN2S.C17H32O2.Ir/c1-7-32(8-2,9-3)26-18-23(17-22-12-10-11-13-24(22)26)28-30-29(34-20-33-28)25-15-14-21(16-27(25)35-30)19-31(4,5)6;1-10(2)16(11(3)4)14(18)9-15(19)17(12(5)6)13(7)8;/h10-16,18,20H,7-9,19H2,1-6H3;9-13,16-18H,1-8H3;/q-1;;/b;14-9-;/i20D;;. The molecule has 0 unspecified atom stereocenters. The first-order chi connectivity index (χ1) is 25.8. The van der Waals surface area contributed by atoms with Crippen molar-refractivity contribution in [2.75, 3.05) is 0 Å². The summed E-state index contributed by atoms with van der Waals surface area (Å²) in [6, 6.07) is 21.5. The quantitative estimate of drug-likeness (QED) is 0.0552. The third-order valence-electron chi connectivity index (χ3n) is 11.5. The Morgan fingerprint density at radius 3 is 1.98 bits per heavy atom. The molecule has 7 heteroatoms. The van der Waals surface area contributed by atoms with E-state index < -0.39 is 13.3 Å². The number of thiophene rings is 1. The number of fused-ring (bicyclic) bond motifs is 4. The van der Waals surface area contributed by atoms with Gasteiger partial charge < -0.3 is 5.11 Å². The number of aromatic nitrogens is 2. The summed E-state index contributed by atoms with van der Waals surface area (Å²) in [7, 11) is 0. The van der Waals surface area contributed by atoms with Gasteiger partial charge in [-0.3, -0.25) is 4.79 Å². The molecule has 0 atom stereocenters. The number of ketones is 1. The Morgan fingerprint density at radius 1 is 0.855 bits per heavy atom. The normalized spacial score (nSPS) is 13.1. The molecule has 1 radical (unpaired) electrons. The fourth-order valence-electron chi connectivity index (χ4n) is 8.82. The van der Waals surface area contributed by atoms with Gasteiger partial charge in [0.05, 0.1) is 5.76 Å². The van der Waals surface area contributed by atoms with Crippen molar-refractivity contribution in [3.8, 4) is 11.3 Å². The summed E-state index contributed by atoms with van der Waals surface area (Å²) in [6.07, 6.45) is 2.59. The van der Waals surface area contributed by atoms with E-state index in [1.165, 1.54) is 37.5 Å². The van der Waals surface area contributed by atoms with Crippen LogP contribution in [0.4, 0.5) is 0 Å². The van der Waals surface area contributed by atoms with Gasteiger partial charge in [0.25, 0.3) is 0 Å². The Kier molecular flexibility index (Phi) is 16.4. The summed E-state index contributed by atoms with van der Waals surface area (Å²) in [4.78, 5) is 21.7. The minimum atomic E-state index is -2.29. The Hall–Kier alpha value is -2.38. The third kappa shape index (κ3) is 11.0. The van der Waals surface area contributed by atoms with E-state index in [1.807, 2.05) is 0 Å². The molecule has 0 aliphatic rings. The summed E-state index contributed by atoms with van der Waals surface area (Å²) in [5, 5.41) is 17.7. The summed E-state index contributed by atoms with van der Waals surface area (Å²) in [5.74, 6) is 1.63. The van der Waals surface area contributed by atoms with E-state index >= 15 is 0 Å². The molecule has 55 heavy (non-hydrogen) atoms. The van der Waals surface area contributed by atoms with Gasteiger partial charge in [0.15, 0.2) is 5.78 Å². The molecule has 0 bridgehead atoms. The number of hydrogen-bond donors (Lipinski definition) is 1. The van der Waals surface area contributed by atoms with Crippen molar-refractivity contribution in [1.29, 1.82) is 0 Å². The molecule has 0 spiro atoms. The first-order valence-corrected chi connectivity index (χ1v) is 26.7. The summed E-state index contributed by atoms with van der Waals surface area (Å²) in [5.41, 5.74) is 4.33. The minimum absolute atomic E-state index is 0. The van der Waals surface area contributed by atoms with Crippen LogP contribution in [0.2, 0.25) is 15.8 Å². The fourth-order valence-corrected chi connectivity index (χ4v) is 18.2. The van der Waals surface area contributed by atoms with Crippen LogP contribution in [0.15, 0.2) is 66.7 Å². The summed E-state index contributed by atoms with van der Waals surface area (Å²) < 4.78 is 12.3. The second kappa shape index (κ2) is 19.9. The molecule has 5 aromatic rings. The number of benzene rings is 3. The average molecular weight is 1000 g/mol. The van der Waals surface area contributed by atoms with Gasteiger partial charge in [0.2, 0.25) is 0 Å². The van der Waals surface area contributed by atoms with Crippen LogP contribution in [-0.2, 0) is 31.3 Å². The van der Waals surface area contributed by atoms with Gasteiger partial charge in [-0.2, -0.15) is 0 Å². The van der Waals surface area contributed by atoms with E-state index in [9.17, 15) is 9.90 Å². The number of carbonyl (C=O) groups excluding carboxylic acids is 1. The van der Waals surface area contributed by atoms with Crippen molar-refractivity contribution >= 4 is 65.9 Å². The molecule has 4 nitrogen and oxygen atoms in total. The minimum Gasteiger partial charge on any atom is 0 e. The van der Waals surface area contributed by atoms with Crippen LogP contribution in [0.5, 0.6) is 0 Å². The van der Waals surface area contributed by atoms with Crippen LogP contribution in [-0.4, -0.2) is 34.1 Å². The molecule has 0 aliphatic carbocycles. The van der Waals surface area contributed by atoms with E-state index in [-0.39, 0.29) is 55.2 Å². The van der Waals surface area contributed by atoms with Crippen molar-refractivity contribution in [1.82, 2.24) is 9.97 Å². The van der Waals surface area contributed by atoms with Crippen LogP contribution in [0.1, 0.15) is 104 Å². The average Bonchev–Trinajstić information content (AvgIpc) is 3.45. The zero-order valence-corrected chi connectivity index (χ0v) is 41.3. The Bertz CT molecular complexity index is 2100. The van der Waals surface area contributed by atoms with Crippen LogP contribution < -0.4 is 4.40 Å². The second-order valence-electron chi connectivity index (χ2n) is 18.0. The molecule has 3 aromatic carbocycles. The van der Waals surface area contributed by atoms with E-state index in [0.29, 0.717) is 23.7 Å². The molecular formula is C48H67GeIrN2O2S-. The maximum atomic E-state index is 12.3. The largest absolute Gasteiger partial charge is 0 e. The SMILES string of the molecule is CC(C)C(C(=O)/C=C(\O)C(C(C)C)C(C)C)C(C)C.[2H]c1nc(-c2[c-]c3ccccc3[c]([Ge]([CH2]C)([CH2]C)[CH2]C)c2)c2sc3cc(CC(C)(C)C)ccc3c2n1.[Ir]. The van der Waals surface area contributed by atoms with Crippen molar-refractivity contribution in [2.45, 2.75) is 119 Å². The number of aliphatic hydroxyl groups is 1. The number of carbonyl (C=O) groups is 1. The molecule has 0 saturated carbocycles. The zero-order chi connectivity index (χ0) is 41.0. The number of aliphatic hydroxyl groups excluding tert-OH is 1. The molecule has 0 fully saturated rings. The van der Waals surface area contributed by atoms with Crippen LogP contribution in [0.25, 0.3) is 42.3 Å². The van der Waals surface area contributed by atoms with Crippen molar-refractivity contribution < 1.29 is 31.4 Å². The van der Waals surface area contributed by atoms with Gasteiger partial charge in [-0.05, 0) is 23.7 Å². The zero-order valence-electron chi connectivity index (χ0n) is 37.0. The third-order valence-corrected chi connectivity index (χ3v) is 24.4. The van der Waals surface area contributed by atoms with Gasteiger partial charge in [0.1, 0.15) is 0 Å². The van der Waals surface area contributed by atoms with Gasteiger partial charge in [-0.15, -0.1) is 0 Å². The Morgan fingerprint density at radius 2 is 1.44 bits per heavy atom. The molecular weight excluding hydrogens is 933 g/mol. The second-order valence-corrected chi connectivity index (χ2v) is 30.0. The molecule has 5 rings (SSSR count). The van der Waals surface area contributed by atoms with Crippen LogP contribution in [0, 0.1) is 47.0 Å². The fraction of sp³-hybridized carbons (Fsp3) is 0.521. The van der Waals surface area contributed by atoms with Crippen molar-refractivity contribution in [3.63, 3.8) is 0 Å². The van der Waals surface area contributed by atoms with E-state index in [1.54, 1.807) is 15.7 Å². The number of allylic oxidation sites excluding steroid dienone is 2. The number of nitrogens with zero attached hydrogens (tertiary/aromatic N) is 2. The first-order valence-electron chi connectivity index (χ1n) is 20.9. The molecule has 301 valence electrons. The molecule has 0 amide bonds. The van der Waals surface area contributed by atoms with Gasteiger partial charge >= 0.3 is 218 Å². The van der Waals surface area contributed by atoms with Gasteiger partial charge in [-0.25, -0.2) is 0 Å². The monoisotopic (exact) mass is 1000 g/mol. The Balaban J connectivity index is 0.000000361. The first kappa shape index (κ1) is 45.3. The predicted molar refractivity (Wildman–Crippen MR) is 239 cm³/mol. The Labute approximate surface area is 354 Å². The summed E-state index contributed by atoms with van der Waals surface area (Å²) >= 11 is -0.537. The van der Waals surface area contributed by atoms with Crippen molar-refractivity contribution in [2.24, 2.45) is 40.9 Å². The van der Waals surface area contributed by atoms with Crippen LogP contribution >= 0.6 is 11.3 Å². The maximum absolute atomic E-state index is 12.3. The predicted octanol–water partition coefficient (Wildman–Crippen LogP) is 13.6. The van der Waals surface area contributed by atoms with Gasteiger partial charge in [0, 0.05) is 38.0 Å².